The molecule has 0 N–H and O–H groups in total. The maximum absolute atomic E-state index is 13.6. The van der Waals surface area contributed by atoms with Crippen LogP contribution in [0.4, 0.5) is 4.39 Å². The molecule has 3 heteroatoms. The summed E-state index contributed by atoms with van der Waals surface area (Å²) in [5.41, 5.74) is 0.212. The first-order chi connectivity index (χ1) is 7.53. The van der Waals surface area contributed by atoms with Gasteiger partial charge >= 0.3 is 0 Å². The number of benzene rings is 1. The van der Waals surface area contributed by atoms with Crippen LogP contribution >= 0.6 is 0 Å². The van der Waals surface area contributed by atoms with E-state index in [4.69, 9.17) is 4.74 Å². The summed E-state index contributed by atoms with van der Waals surface area (Å²) in [7, 11) is 0. The number of aldehydes is 1. The molecule has 2 rings (SSSR count). The Balaban J connectivity index is 2.34. The van der Waals surface area contributed by atoms with Gasteiger partial charge in [0.15, 0.2) is 0 Å². The fourth-order valence-corrected chi connectivity index (χ4v) is 2.33. The molecule has 2 atom stereocenters. The summed E-state index contributed by atoms with van der Waals surface area (Å²) >= 11 is 0. The lowest BCUT2D eigenvalue weighted by atomic mass is 9.88. The first kappa shape index (κ1) is 11.3. The molecule has 1 unspecified atom stereocenters. The molecule has 0 aromatic heterocycles. The average Bonchev–Trinajstić information content (AvgIpc) is 2.54. The Labute approximate surface area is 94.4 Å². The predicted octanol–water partition coefficient (Wildman–Crippen LogP) is 2.68. The summed E-state index contributed by atoms with van der Waals surface area (Å²) in [5, 5.41) is 0. The SMILES string of the molecule is CC1(C)C[C@@H](c2ccccc2F)C(C=O)O1. The van der Waals surface area contributed by atoms with Gasteiger partial charge in [-0.1, -0.05) is 18.2 Å². The van der Waals surface area contributed by atoms with Crippen molar-refractivity contribution in [1.29, 1.82) is 0 Å². The average molecular weight is 222 g/mol. The molecule has 0 bridgehead atoms. The van der Waals surface area contributed by atoms with Crippen molar-refractivity contribution in [2.45, 2.75) is 37.9 Å². The monoisotopic (exact) mass is 222 g/mol. The zero-order chi connectivity index (χ0) is 11.8. The largest absolute Gasteiger partial charge is 0.364 e. The van der Waals surface area contributed by atoms with Gasteiger partial charge in [-0.05, 0) is 31.9 Å². The number of halogens is 1. The second-order valence-corrected chi connectivity index (χ2v) is 4.81. The smallest absolute Gasteiger partial charge is 0.149 e. The van der Waals surface area contributed by atoms with Crippen LogP contribution in [0.5, 0.6) is 0 Å². The van der Waals surface area contributed by atoms with Crippen LogP contribution < -0.4 is 0 Å². The second kappa shape index (κ2) is 3.98. The van der Waals surface area contributed by atoms with Gasteiger partial charge in [0, 0.05) is 5.92 Å². The van der Waals surface area contributed by atoms with Crippen molar-refractivity contribution in [2.24, 2.45) is 0 Å². The minimum absolute atomic E-state index is 0.173. The van der Waals surface area contributed by atoms with E-state index in [-0.39, 0.29) is 17.3 Å². The molecular formula is C13H15FO2. The molecule has 0 aliphatic carbocycles. The van der Waals surface area contributed by atoms with Gasteiger partial charge in [0.1, 0.15) is 18.2 Å². The number of ether oxygens (including phenoxy) is 1. The van der Waals surface area contributed by atoms with Gasteiger partial charge in [0.25, 0.3) is 0 Å². The number of carbonyl (C=O) groups is 1. The molecule has 1 aromatic rings. The molecule has 1 saturated heterocycles. The highest BCUT2D eigenvalue weighted by Crippen LogP contribution is 2.40. The first-order valence-electron chi connectivity index (χ1n) is 5.41. The highest BCUT2D eigenvalue weighted by Gasteiger charge is 2.41. The molecule has 0 spiro atoms. The number of rotatable bonds is 2. The highest BCUT2D eigenvalue weighted by atomic mass is 19.1. The Hall–Kier alpha value is -1.22. The van der Waals surface area contributed by atoms with Gasteiger partial charge in [-0.3, -0.25) is 0 Å². The van der Waals surface area contributed by atoms with Crippen LogP contribution in [0.3, 0.4) is 0 Å². The third kappa shape index (κ3) is 2.00. The zero-order valence-corrected chi connectivity index (χ0v) is 9.44. The van der Waals surface area contributed by atoms with Gasteiger partial charge in [0.05, 0.1) is 5.60 Å². The minimum atomic E-state index is -0.535. The molecule has 0 saturated carbocycles. The number of hydrogen-bond acceptors (Lipinski definition) is 2. The summed E-state index contributed by atoms with van der Waals surface area (Å²) < 4.78 is 19.2. The molecule has 0 amide bonds. The predicted molar refractivity (Wildman–Crippen MR) is 58.8 cm³/mol. The van der Waals surface area contributed by atoms with Crippen LogP contribution in [-0.2, 0) is 9.53 Å². The summed E-state index contributed by atoms with van der Waals surface area (Å²) in [6, 6.07) is 6.57. The van der Waals surface area contributed by atoms with Crippen LogP contribution in [0, 0.1) is 5.82 Å². The van der Waals surface area contributed by atoms with E-state index in [1.807, 2.05) is 13.8 Å². The van der Waals surface area contributed by atoms with Crippen LogP contribution in [0.25, 0.3) is 0 Å². The fourth-order valence-electron chi connectivity index (χ4n) is 2.33. The van der Waals surface area contributed by atoms with E-state index < -0.39 is 6.10 Å². The van der Waals surface area contributed by atoms with E-state index >= 15 is 0 Å². The van der Waals surface area contributed by atoms with Crippen molar-refractivity contribution in [3.8, 4) is 0 Å². The van der Waals surface area contributed by atoms with Crippen molar-refractivity contribution in [2.75, 3.05) is 0 Å². The molecule has 1 aliphatic rings. The molecule has 0 radical (unpaired) electrons. The lowest BCUT2D eigenvalue weighted by Crippen LogP contribution is -2.21. The summed E-state index contributed by atoms with van der Waals surface area (Å²) in [6.45, 7) is 3.84. The summed E-state index contributed by atoms with van der Waals surface area (Å²) in [4.78, 5) is 10.9. The van der Waals surface area contributed by atoms with Crippen LogP contribution in [0.15, 0.2) is 24.3 Å². The zero-order valence-electron chi connectivity index (χ0n) is 9.44. The molecule has 2 nitrogen and oxygen atoms in total. The van der Waals surface area contributed by atoms with Gasteiger partial charge in [0.2, 0.25) is 0 Å². The molecule has 1 fully saturated rings. The maximum atomic E-state index is 13.6. The standard InChI is InChI=1S/C13H15FO2/c1-13(2)7-10(12(8-15)16-13)9-5-3-4-6-11(9)14/h3-6,8,10,12H,7H2,1-2H3/t10-,12?/m0/s1. The lowest BCUT2D eigenvalue weighted by molar-refractivity contribution is -0.121. The third-order valence-corrected chi connectivity index (χ3v) is 3.00. The number of hydrogen-bond donors (Lipinski definition) is 0. The Kier molecular flexibility index (Phi) is 2.80. The van der Waals surface area contributed by atoms with Crippen LogP contribution in [0.2, 0.25) is 0 Å². The van der Waals surface area contributed by atoms with Crippen molar-refractivity contribution < 1.29 is 13.9 Å². The van der Waals surface area contributed by atoms with Crippen LogP contribution in [0.1, 0.15) is 31.7 Å². The molecule has 1 heterocycles. The van der Waals surface area contributed by atoms with E-state index in [0.717, 1.165) is 6.29 Å². The maximum Gasteiger partial charge on any atom is 0.149 e. The minimum Gasteiger partial charge on any atom is -0.364 e. The van der Waals surface area contributed by atoms with Gasteiger partial charge in [-0.2, -0.15) is 0 Å². The van der Waals surface area contributed by atoms with Gasteiger partial charge < -0.3 is 9.53 Å². The quantitative estimate of drug-likeness (QED) is 0.719. The van der Waals surface area contributed by atoms with E-state index in [2.05, 4.69) is 0 Å². The van der Waals surface area contributed by atoms with E-state index in [9.17, 15) is 9.18 Å². The van der Waals surface area contributed by atoms with Crippen molar-refractivity contribution in [3.05, 3.63) is 35.6 Å². The molecule has 16 heavy (non-hydrogen) atoms. The van der Waals surface area contributed by atoms with E-state index in [0.29, 0.717) is 12.0 Å². The Bertz CT molecular complexity index is 401. The molecule has 86 valence electrons. The Morgan fingerprint density at radius 2 is 2.12 bits per heavy atom. The topological polar surface area (TPSA) is 26.3 Å². The lowest BCUT2D eigenvalue weighted by Gasteiger charge is -2.16. The number of carbonyl (C=O) groups excluding carboxylic acids is 1. The highest BCUT2D eigenvalue weighted by molar-refractivity contribution is 5.59. The molecule has 1 aliphatic heterocycles. The van der Waals surface area contributed by atoms with Crippen molar-refractivity contribution in [3.63, 3.8) is 0 Å². The fraction of sp³-hybridized carbons (Fsp3) is 0.462. The normalized spacial score (nSPS) is 27.9. The Morgan fingerprint density at radius 3 is 2.75 bits per heavy atom. The van der Waals surface area contributed by atoms with E-state index in [1.54, 1.807) is 18.2 Å². The summed E-state index contributed by atoms with van der Waals surface area (Å²) in [6.07, 6.45) is 0.898. The molecule has 1 aromatic carbocycles. The van der Waals surface area contributed by atoms with Crippen LogP contribution in [-0.4, -0.2) is 18.0 Å². The van der Waals surface area contributed by atoms with E-state index in [1.165, 1.54) is 6.07 Å². The summed E-state index contributed by atoms with van der Waals surface area (Å²) in [5.74, 6) is -0.436. The van der Waals surface area contributed by atoms with Crippen molar-refractivity contribution >= 4 is 6.29 Å². The first-order valence-corrected chi connectivity index (χ1v) is 5.41. The van der Waals surface area contributed by atoms with Crippen molar-refractivity contribution in [1.82, 2.24) is 0 Å². The second-order valence-electron chi connectivity index (χ2n) is 4.81. The van der Waals surface area contributed by atoms with Gasteiger partial charge in [-0.25, -0.2) is 4.39 Å². The Morgan fingerprint density at radius 1 is 1.44 bits per heavy atom. The third-order valence-electron chi connectivity index (χ3n) is 3.00. The molecular weight excluding hydrogens is 207 g/mol. The van der Waals surface area contributed by atoms with Gasteiger partial charge in [-0.15, -0.1) is 0 Å².